The summed E-state index contributed by atoms with van der Waals surface area (Å²) in [6.07, 6.45) is 4.75. The molecule has 0 aliphatic heterocycles. The highest BCUT2D eigenvalue weighted by Gasteiger charge is 2.01. The van der Waals surface area contributed by atoms with Gasteiger partial charge in [-0.3, -0.25) is 0 Å². The largest absolute Gasteiger partial charge is 0.359 e. The molecule has 3 rings (SSSR count). The van der Waals surface area contributed by atoms with Crippen molar-refractivity contribution in [3.63, 3.8) is 0 Å². The van der Waals surface area contributed by atoms with Crippen LogP contribution in [0.3, 0.4) is 0 Å². The SMILES string of the molecule is [C-]#[N+]c1cnc(Nc2cc3ccccc3cn2)cn1. The average Bonchev–Trinajstić information content (AvgIpc) is 2.48. The van der Waals surface area contributed by atoms with Gasteiger partial charge in [-0.15, -0.1) is 4.98 Å². The lowest BCUT2D eigenvalue weighted by Crippen LogP contribution is -1.96. The lowest BCUT2D eigenvalue weighted by molar-refractivity contribution is 1.20. The summed E-state index contributed by atoms with van der Waals surface area (Å²) in [5, 5.41) is 5.25. The van der Waals surface area contributed by atoms with E-state index in [1.54, 1.807) is 6.20 Å². The van der Waals surface area contributed by atoms with E-state index in [0.29, 0.717) is 11.6 Å². The van der Waals surface area contributed by atoms with E-state index in [9.17, 15) is 0 Å². The Balaban J connectivity index is 1.90. The Morgan fingerprint density at radius 1 is 0.895 bits per heavy atom. The van der Waals surface area contributed by atoms with Crippen LogP contribution in [0.15, 0.2) is 48.9 Å². The molecule has 0 saturated carbocycles. The van der Waals surface area contributed by atoms with Gasteiger partial charge in [0, 0.05) is 11.6 Å². The molecule has 1 N–H and O–H groups in total. The first-order chi connectivity index (χ1) is 9.35. The zero-order valence-corrected chi connectivity index (χ0v) is 9.91. The number of benzene rings is 1. The molecule has 1 aromatic carbocycles. The minimum atomic E-state index is 0.275. The fourth-order valence-electron chi connectivity index (χ4n) is 1.73. The molecule has 90 valence electrons. The molecule has 0 amide bonds. The van der Waals surface area contributed by atoms with Crippen molar-refractivity contribution >= 4 is 28.2 Å². The van der Waals surface area contributed by atoms with Gasteiger partial charge in [0.05, 0.1) is 6.20 Å². The smallest absolute Gasteiger partial charge is 0.288 e. The Morgan fingerprint density at radius 2 is 1.68 bits per heavy atom. The lowest BCUT2D eigenvalue weighted by Gasteiger charge is -2.04. The van der Waals surface area contributed by atoms with E-state index in [-0.39, 0.29) is 5.82 Å². The Labute approximate surface area is 109 Å². The van der Waals surface area contributed by atoms with E-state index in [4.69, 9.17) is 6.57 Å². The van der Waals surface area contributed by atoms with Crippen LogP contribution in [0.25, 0.3) is 15.6 Å². The molecule has 0 fully saturated rings. The van der Waals surface area contributed by atoms with Gasteiger partial charge in [0.2, 0.25) is 0 Å². The van der Waals surface area contributed by atoms with Crippen LogP contribution < -0.4 is 5.32 Å². The number of pyridine rings is 1. The maximum absolute atomic E-state index is 6.82. The van der Waals surface area contributed by atoms with Crippen molar-refractivity contribution in [3.05, 3.63) is 60.3 Å². The van der Waals surface area contributed by atoms with Crippen molar-refractivity contribution < 1.29 is 0 Å². The summed E-state index contributed by atoms with van der Waals surface area (Å²) in [5.74, 6) is 1.54. The maximum Gasteiger partial charge on any atom is 0.288 e. The normalized spacial score (nSPS) is 10.1. The molecule has 0 spiro atoms. The van der Waals surface area contributed by atoms with Gasteiger partial charge >= 0.3 is 0 Å². The third kappa shape index (κ3) is 2.33. The van der Waals surface area contributed by atoms with E-state index in [2.05, 4.69) is 25.1 Å². The van der Waals surface area contributed by atoms with E-state index >= 15 is 0 Å². The second kappa shape index (κ2) is 4.70. The quantitative estimate of drug-likeness (QED) is 0.706. The summed E-state index contributed by atoms with van der Waals surface area (Å²) in [6, 6.07) is 9.94. The Morgan fingerprint density at radius 3 is 2.42 bits per heavy atom. The van der Waals surface area contributed by atoms with Crippen molar-refractivity contribution in [2.24, 2.45) is 0 Å². The minimum absolute atomic E-state index is 0.275. The van der Waals surface area contributed by atoms with Gasteiger partial charge in [-0.1, -0.05) is 30.8 Å². The van der Waals surface area contributed by atoms with Crippen molar-refractivity contribution in [1.29, 1.82) is 0 Å². The van der Waals surface area contributed by atoms with Crippen molar-refractivity contribution in [1.82, 2.24) is 15.0 Å². The molecular formula is C14H9N5. The second-order valence-corrected chi connectivity index (χ2v) is 3.91. The van der Waals surface area contributed by atoms with Gasteiger partial charge in [0.1, 0.15) is 5.82 Å². The topological polar surface area (TPSA) is 55.1 Å². The number of aromatic nitrogens is 3. The summed E-state index contributed by atoms with van der Waals surface area (Å²) in [7, 11) is 0. The molecule has 5 nitrogen and oxygen atoms in total. The first kappa shape index (κ1) is 11.1. The molecule has 0 atom stereocenters. The molecule has 0 radical (unpaired) electrons. The monoisotopic (exact) mass is 247 g/mol. The molecule has 0 aliphatic carbocycles. The number of fused-ring (bicyclic) bond motifs is 1. The summed E-state index contributed by atoms with van der Waals surface area (Å²) < 4.78 is 0. The zero-order valence-electron chi connectivity index (χ0n) is 9.91. The maximum atomic E-state index is 6.82. The molecule has 5 heteroatoms. The number of nitrogens with one attached hydrogen (secondary N) is 1. The number of rotatable bonds is 2. The fraction of sp³-hybridized carbons (Fsp3) is 0. The molecule has 2 aromatic heterocycles. The molecule has 0 bridgehead atoms. The van der Waals surface area contributed by atoms with Gasteiger partial charge in [-0.2, -0.15) is 0 Å². The lowest BCUT2D eigenvalue weighted by atomic mass is 10.2. The zero-order chi connectivity index (χ0) is 13.1. The van der Waals surface area contributed by atoms with Crippen molar-refractivity contribution in [3.8, 4) is 0 Å². The molecule has 3 aromatic rings. The summed E-state index contributed by atoms with van der Waals surface area (Å²) >= 11 is 0. The van der Waals surface area contributed by atoms with Crippen LogP contribution in [0, 0.1) is 6.57 Å². The van der Waals surface area contributed by atoms with E-state index in [1.165, 1.54) is 12.4 Å². The van der Waals surface area contributed by atoms with Gasteiger partial charge in [0.25, 0.3) is 5.82 Å². The Kier molecular flexibility index (Phi) is 2.75. The second-order valence-electron chi connectivity index (χ2n) is 3.91. The van der Waals surface area contributed by atoms with Crippen molar-refractivity contribution in [2.45, 2.75) is 0 Å². The number of nitrogens with zero attached hydrogens (tertiary/aromatic N) is 4. The summed E-state index contributed by atoms with van der Waals surface area (Å²) in [5.41, 5.74) is 0. The molecule has 0 unspecified atom stereocenters. The first-order valence-electron chi connectivity index (χ1n) is 5.66. The van der Waals surface area contributed by atoms with E-state index in [1.807, 2.05) is 30.3 Å². The van der Waals surface area contributed by atoms with Gasteiger partial charge < -0.3 is 10.2 Å². The Hall–Kier alpha value is -3.00. The fourth-order valence-corrected chi connectivity index (χ4v) is 1.73. The van der Waals surface area contributed by atoms with Gasteiger partial charge in [0.15, 0.2) is 12.0 Å². The standard InChI is InChI=1S/C14H9N5/c1-15-13-8-18-14(9-17-13)19-12-6-10-4-2-3-5-11(10)7-16-12/h2-9H,(H,16,18,19). The van der Waals surface area contributed by atoms with Crippen LogP contribution in [0.5, 0.6) is 0 Å². The average molecular weight is 247 g/mol. The third-order valence-corrected chi connectivity index (χ3v) is 2.64. The minimum Gasteiger partial charge on any atom is -0.359 e. The van der Waals surface area contributed by atoms with Crippen LogP contribution in [-0.4, -0.2) is 15.0 Å². The number of hydrogen-bond donors (Lipinski definition) is 1. The molecule has 0 aliphatic rings. The van der Waals surface area contributed by atoms with Crippen molar-refractivity contribution in [2.75, 3.05) is 5.32 Å². The van der Waals surface area contributed by atoms with E-state index < -0.39 is 0 Å². The van der Waals surface area contributed by atoms with Crippen LogP contribution >= 0.6 is 0 Å². The number of hydrogen-bond acceptors (Lipinski definition) is 4. The van der Waals surface area contributed by atoms with Gasteiger partial charge in [-0.25, -0.2) is 9.97 Å². The predicted molar refractivity (Wildman–Crippen MR) is 73.3 cm³/mol. The van der Waals surface area contributed by atoms with Crippen LogP contribution in [0.2, 0.25) is 0 Å². The molecule has 0 saturated heterocycles. The Bertz CT molecular complexity index is 759. The predicted octanol–water partition coefficient (Wildman–Crippen LogP) is 3.32. The highest BCUT2D eigenvalue weighted by atomic mass is 15.1. The molecule has 2 heterocycles. The first-order valence-corrected chi connectivity index (χ1v) is 5.66. The summed E-state index contributed by atoms with van der Waals surface area (Å²) in [6.45, 7) is 6.82. The molecular weight excluding hydrogens is 238 g/mol. The van der Waals surface area contributed by atoms with Crippen LogP contribution in [0.4, 0.5) is 17.5 Å². The third-order valence-electron chi connectivity index (χ3n) is 2.64. The number of anilines is 2. The highest BCUT2D eigenvalue weighted by Crippen LogP contribution is 2.18. The van der Waals surface area contributed by atoms with E-state index in [0.717, 1.165) is 10.8 Å². The molecule has 19 heavy (non-hydrogen) atoms. The van der Waals surface area contributed by atoms with Gasteiger partial charge in [-0.05, 0) is 11.5 Å². The van der Waals surface area contributed by atoms with Crippen LogP contribution in [-0.2, 0) is 0 Å². The summed E-state index contributed by atoms with van der Waals surface area (Å²) in [4.78, 5) is 15.5. The van der Waals surface area contributed by atoms with Crippen LogP contribution in [0.1, 0.15) is 0 Å². The highest BCUT2D eigenvalue weighted by molar-refractivity contribution is 5.84.